The Morgan fingerprint density at radius 3 is 2.49 bits per heavy atom. The molecule has 2 aliphatic heterocycles. The molecule has 0 aliphatic carbocycles. The van der Waals surface area contributed by atoms with Gasteiger partial charge in [0.15, 0.2) is 0 Å². The lowest BCUT2D eigenvalue weighted by molar-refractivity contribution is -0.129. The van der Waals surface area contributed by atoms with E-state index in [-0.39, 0.29) is 17.9 Å². The topological polar surface area (TPSA) is 81.9 Å². The lowest BCUT2D eigenvalue weighted by Crippen LogP contribution is -2.48. The number of anilines is 1. The molecule has 3 aromatic rings. The quantitative estimate of drug-likeness (QED) is 0.417. The Kier molecular flexibility index (Phi) is 9.04. The average Bonchev–Trinajstić information content (AvgIpc) is 3.28. The number of halogens is 2. The molecule has 0 spiro atoms. The van der Waals surface area contributed by atoms with Crippen LogP contribution >= 0.6 is 23.2 Å². The molecule has 3 heterocycles. The van der Waals surface area contributed by atoms with Gasteiger partial charge < -0.3 is 19.8 Å². The molecule has 1 fully saturated rings. The number of nitrogens with zero attached hydrogens (tertiary/aromatic N) is 5. The number of aryl methyl sites for hydroxylation is 1. The summed E-state index contributed by atoms with van der Waals surface area (Å²) in [6.07, 6.45) is 1.71. The van der Waals surface area contributed by atoms with Crippen LogP contribution in [0.5, 0.6) is 0 Å². The van der Waals surface area contributed by atoms with E-state index < -0.39 is 6.10 Å². The summed E-state index contributed by atoms with van der Waals surface area (Å²) in [7, 11) is 0. The number of fused-ring (bicyclic) bond motifs is 1. The largest absolute Gasteiger partial charge is 0.390 e. The number of hydrogen-bond acceptors (Lipinski definition) is 5. The Morgan fingerprint density at radius 1 is 1.07 bits per heavy atom. The van der Waals surface area contributed by atoms with E-state index in [1.807, 2.05) is 63.9 Å². The molecule has 2 aromatic carbocycles. The predicted octanol–water partition coefficient (Wildman–Crippen LogP) is 4.95. The minimum absolute atomic E-state index is 0.00392. The van der Waals surface area contributed by atoms with E-state index in [2.05, 4.69) is 4.90 Å². The minimum atomic E-state index is -0.613. The molecule has 41 heavy (non-hydrogen) atoms. The third-order valence-corrected chi connectivity index (χ3v) is 8.87. The van der Waals surface area contributed by atoms with Crippen molar-refractivity contribution in [2.75, 3.05) is 31.1 Å². The molecule has 1 atom stereocenters. The van der Waals surface area contributed by atoms with Crippen molar-refractivity contribution in [1.29, 1.82) is 0 Å². The van der Waals surface area contributed by atoms with Crippen LogP contribution in [-0.2, 0) is 29.1 Å². The Balaban J connectivity index is 1.27. The molecular formula is C31H37Cl2N5O3. The smallest absolute Gasteiger partial charge is 0.224 e. The highest BCUT2D eigenvalue weighted by molar-refractivity contribution is 6.31. The number of benzene rings is 2. The van der Waals surface area contributed by atoms with Gasteiger partial charge in [-0.25, -0.2) is 0 Å². The minimum Gasteiger partial charge on any atom is -0.390 e. The SMILES string of the molecule is CC(=O)N1CCc2c(c(-c3ccc(Cl)c(C)c3)nn2CC(O)CN2CCC(N(C(C)=O)c3cccc(Cl)c3)CC2)C1. The number of carbonyl (C=O) groups excluding carboxylic acids is 2. The zero-order chi connectivity index (χ0) is 29.3. The molecular weight excluding hydrogens is 561 g/mol. The van der Waals surface area contributed by atoms with Crippen LogP contribution < -0.4 is 4.90 Å². The van der Waals surface area contributed by atoms with Gasteiger partial charge in [0.25, 0.3) is 0 Å². The summed E-state index contributed by atoms with van der Waals surface area (Å²) in [4.78, 5) is 30.6. The first-order valence-electron chi connectivity index (χ1n) is 14.2. The Hall–Kier alpha value is -2.91. The van der Waals surface area contributed by atoms with Crippen molar-refractivity contribution in [3.05, 3.63) is 69.3 Å². The molecule has 5 rings (SSSR count). The van der Waals surface area contributed by atoms with Crippen molar-refractivity contribution in [2.24, 2.45) is 0 Å². The van der Waals surface area contributed by atoms with Gasteiger partial charge in [-0.05, 0) is 55.7 Å². The summed E-state index contributed by atoms with van der Waals surface area (Å²) in [6.45, 7) is 8.76. The van der Waals surface area contributed by atoms with E-state index in [1.165, 1.54) is 0 Å². The molecule has 2 amide bonds. The van der Waals surface area contributed by atoms with Crippen molar-refractivity contribution in [1.82, 2.24) is 19.6 Å². The maximum absolute atomic E-state index is 12.5. The van der Waals surface area contributed by atoms with Crippen molar-refractivity contribution in [2.45, 2.75) is 65.3 Å². The fourth-order valence-electron chi connectivity index (χ4n) is 6.13. The van der Waals surface area contributed by atoms with Gasteiger partial charge in [0.05, 0.1) is 18.3 Å². The Labute approximate surface area is 251 Å². The number of amides is 2. The molecule has 2 aliphatic rings. The van der Waals surface area contributed by atoms with Crippen molar-refractivity contribution < 1.29 is 14.7 Å². The van der Waals surface area contributed by atoms with Crippen molar-refractivity contribution >= 4 is 40.7 Å². The second-order valence-electron chi connectivity index (χ2n) is 11.2. The molecule has 0 radical (unpaired) electrons. The normalized spacial score (nSPS) is 16.9. The fraction of sp³-hybridized carbons (Fsp3) is 0.452. The third-order valence-electron chi connectivity index (χ3n) is 8.21. The second kappa shape index (κ2) is 12.5. The van der Waals surface area contributed by atoms with E-state index >= 15 is 0 Å². The highest BCUT2D eigenvalue weighted by Crippen LogP contribution is 2.32. The van der Waals surface area contributed by atoms with Gasteiger partial charge in [-0.2, -0.15) is 5.10 Å². The summed E-state index contributed by atoms with van der Waals surface area (Å²) in [6, 6.07) is 13.4. The van der Waals surface area contributed by atoms with Gasteiger partial charge in [-0.1, -0.05) is 35.3 Å². The van der Waals surface area contributed by atoms with Gasteiger partial charge >= 0.3 is 0 Å². The maximum atomic E-state index is 12.5. The van der Waals surface area contributed by atoms with Crippen molar-refractivity contribution in [3.8, 4) is 11.3 Å². The molecule has 218 valence electrons. The molecule has 1 N–H and O–H groups in total. The maximum Gasteiger partial charge on any atom is 0.224 e. The van der Waals surface area contributed by atoms with E-state index in [0.29, 0.717) is 42.6 Å². The molecule has 1 saturated heterocycles. The van der Waals surface area contributed by atoms with Crippen LogP contribution in [0.15, 0.2) is 42.5 Å². The standard InChI is InChI=1S/C31H37Cl2N5O3/c1-20-15-23(7-8-29(20)33)31-28-19-36(21(2)39)14-11-30(28)37(34-31)18-27(41)17-35-12-9-25(10-13-35)38(22(3)40)26-6-4-5-24(32)16-26/h4-8,15-16,25,27,41H,9-14,17-19H2,1-3H3. The average molecular weight is 599 g/mol. The highest BCUT2D eigenvalue weighted by Gasteiger charge is 2.30. The van der Waals surface area contributed by atoms with E-state index in [0.717, 1.165) is 59.7 Å². The zero-order valence-corrected chi connectivity index (χ0v) is 25.3. The molecule has 0 saturated carbocycles. The predicted molar refractivity (Wildman–Crippen MR) is 162 cm³/mol. The summed E-state index contributed by atoms with van der Waals surface area (Å²) >= 11 is 12.5. The third kappa shape index (κ3) is 6.61. The van der Waals surface area contributed by atoms with Crippen LogP contribution in [0.3, 0.4) is 0 Å². The number of aliphatic hydroxyl groups is 1. The molecule has 8 nitrogen and oxygen atoms in total. The van der Waals surface area contributed by atoms with Crippen LogP contribution in [0.25, 0.3) is 11.3 Å². The van der Waals surface area contributed by atoms with Gasteiger partial charge in [0.2, 0.25) is 11.8 Å². The summed E-state index contributed by atoms with van der Waals surface area (Å²) in [5.74, 6) is 0.0491. The van der Waals surface area contributed by atoms with Gasteiger partial charge in [-0.15, -0.1) is 0 Å². The summed E-state index contributed by atoms with van der Waals surface area (Å²) in [5, 5.41) is 17.4. The Bertz CT molecular complexity index is 1430. The van der Waals surface area contributed by atoms with E-state index in [1.54, 1.807) is 13.8 Å². The van der Waals surface area contributed by atoms with Gasteiger partial charge in [-0.3, -0.25) is 14.3 Å². The van der Waals surface area contributed by atoms with Gasteiger partial charge in [0, 0.05) is 91.6 Å². The van der Waals surface area contributed by atoms with Crippen LogP contribution in [0.1, 0.15) is 43.5 Å². The van der Waals surface area contributed by atoms with E-state index in [4.69, 9.17) is 28.3 Å². The first-order valence-corrected chi connectivity index (χ1v) is 14.9. The molecule has 10 heteroatoms. The highest BCUT2D eigenvalue weighted by atomic mass is 35.5. The number of rotatable bonds is 7. The fourth-order valence-corrected chi connectivity index (χ4v) is 6.43. The van der Waals surface area contributed by atoms with Gasteiger partial charge in [0.1, 0.15) is 0 Å². The summed E-state index contributed by atoms with van der Waals surface area (Å²) < 4.78 is 1.93. The van der Waals surface area contributed by atoms with Crippen molar-refractivity contribution in [3.63, 3.8) is 0 Å². The number of carbonyl (C=O) groups is 2. The van der Waals surface area contributed by atoms with E-state index in [9.17, 15) is 14.7 Å². The van der Waals surface area contributed by atoms with Crippen LogP contribution in [0, 0.1) is 6.92 Å². The number of aliphatic hydroxyl groups excluding tert-OH is 1. The second-order valence-corrected chi connectivity index (χ2v) is 12.0. The number of aromatic nitrogens is 2. The van der Waals surface area contributed by atoms with Crippen LogP contribution in [0.4, 0.5) is 5.69 Å². The first-order chi connectivity index (χ1) is 19.6. The zero-order valence-electron chi connectivity index (χ0n) is 23.8. The van der Waals surface area contributed by atoms with Crippen LogP contribution in [-0.4, -0.2) is 74.8 Å². The lowest BCUT2D eigenvalue weighted by atomic mass is 9.99. The van der Waals surface area contributed by atoms with Crippen LogP contribution in [0.2, 0.25) is 10.0 Å². The number of likely N-dealkylation sites (tertiary alicyclic amines) is 1. The number of hydrogen-bond donors (Lipinski definition) is 1. The number of β-amino-alcohol motifs (C(OH)–C–C–N with tert-alkyl or cyclic N) is 1. The monoisotopic (exact) mass is 597 g/mol. The number of piperidine rings is 1. The molecule has 1 aromatic heterocycles. The Morgan fingerprint density at radius 2 is 1.83 bits per heavy atom. The lowest BCUT2D eigenvalue weighted by Gasteiger charge is -2.38. The first kappa shape index (κ1) is 29.6. The molecule has 1 unspecified atom stereocenters. The summed E-state index contributed by atoms with van der Waals surface area (Å²) in [5.41, 5.74) is 5.69. The molecule has 0 bridgehead atoms.